The molecule has 0 fully saturated rings. The number of hydrogen-bond acceptors (Lipinski definition) is 1. The van der Waals surface area contributed by atoms with Gasteiger partial charge in [0.2, 0.25) is 0 Å². The van der Waals surface area contributed by atoms with E-state index in [1.54, 1.807) is 0 Å². The van der Waals surface area contributed by atoms with Crippen molar-refractivity contribution in [2.45, 2.75) is 26.8 Å². The molecule has 2 N–H and O–H groups in total. The summed E-state index contributed by atoms with van der Waals surface area (Å²) >= 11 is 0. The summed E-state index contributed by atoms with van der Waals surface area (Å²) in [6, 6.07) is 17.6. The summed E-state index contributed by atoms with van der Waals surface area (Å²) in [5.41, 5.74) is 3.05. The predicted octanol–water partition coefficient (Wildman–Crippen LogP) is 4.51. The Morgan fingerprint density at radius 3 is 2.33 bits per heavy atom. The highest BCUT2D eigenvalue weighted by molar-refractivity contribution is 5.89. The normalized spacial score (nSPS) is 12.0. The first kappa shape index (κ1) is 15.1. The van der Waals surface area contributed by atoms with Crippen LogP contribution in [0.4, 0.5) is 10.5 Å². The highest BCUT2D eigenvalue weighted by Crippen LogP contribution is 2.21. The first-order valence-corrected chi connectivity index (χ1v) is 7.25. The summed E-state index contributed by atoms with van der Waals surface area (Å²) < 4.78 is 0. The van der Waals surface area contributed by atoms with Crippen molar-refractivity contribution in [3.05, 3.63) is 65.7 Å². The Hall–Kier alpha value is -2.29. The van der Waals surface area contributed by atoms with Crippen LogP contribution >= 0.6 is 0 Å². The molecule has 110 valence electrons. The molecule has 2 rings (SSSR count). The molecule has 2 amide bonds. The lowest BCUT2D eigenvalue weighted by molar-refractivity contribution is 0.244. The molecule has 2 aromatic rings. The third-order valence-electron chi connectivity index (χ3n) is 3.39. The molecule has 0 spiro atoms. The van der Waals surface area contributed by atoms with E-state index in [0.717, 1.165) is 16.8 Å². The van der Waals surface area contributed by atoms with E-state index in [9.17, 15) is 4.79 Å². The second-order valence-corrected chi connectivity index (χ2v) is 5.60. The van der Waals surface area contributed by atoms with Crippen LogP contribution in [-0.4, -0.2) is 6.03 Å². The largest absolute Gasteiger partial charge is 0.331 e. The van der Waals surface area contributed by atoms with Gasteiger partial charge in [-0.25, -0.2) is 4.79 Å². The molecule has 3 nitrogen and oxygen atoms in total. The van der Waals surface area contributed by atoms with Crippen molar-refractivity contribution in [3.63, 3.8) is 0 Å². The third-order valence-corrected chi connectivity index (χ3v) is 3.39. The predicted molar refractivity (Wildman–Crippen MR) is 87.4 cm³/mol. The second-order valence-electron chi connectivity index (χ2n) is 5.60. The Morgan fingerprint density at radius 2 is 1.71 bits per heavy atom. The molecule has 0 heterocycles. The molecule has 3 heteroatoms. The number of aryl methyl sites for hydroxylation is 1. The first-order chi connectivity index (χ1) is 10.1. The smallest absolute Gasteiger partial charge is 0.319 e. The molecule has 0 unspecified atom stereocenters. The Bertz CT molecular complexity index is 593. The number of amides is 2. The lowest BCUT2D eigenvalue weighted by Crippen LogP contribution is -2.35. The van der Waals surface area contributed by atoms with Gasteiger partial charge < -0.3 is 10.6 Å². The topological polar surface area (TPSA) is 41.1 Å². The molecule has 0 aliphatic carbocycles. The molecule has 0 aliphatic rings. The summed E-state index contributed by atoms with van der Waals surface area (Å²) in [6.45, 7) is 6.21. The van der Waals surface area contributed by atoms with Gasteiger partial charge in [0.1, 0.15) is 0 Å². The van der Waals surface area contributed by atoms with Crippen molar-refractivity contribution >= 4 is 11.7 Å². The van der Waals surface area contributed by atoms with Crippen LogP contribution in [0.1, 0.15) is 31.0 Å². The molecule has 0 saturated carbocycles. The van der Waals surface area contributed by atoms with E-state index in [1.807, 2.05) is 61.5 Å². The number of anilines is 1. The standard InChI is InChI=1S/C18H22N2O/c1-13(2)17(15-9-5-4-6-10-15)20-18(21)19-16-11-7-8-14(3)12-16/h4-13,17H,1-3H3,(H2,19,20,21)/t17-/m0/s1. The van der Waals surface area contributed by atoms with Gasteiger partial charge in [-0.15, -0.1) is 0 Å². The highest BCUT2D eigenvalue weighted by Gasteiger charge is 2.17. The van der Waals surface area contributed by atoms with Gasteiger partial charge >= 0.3 is 6.03 Å². The van der Waals surface area contributed by atoms with Gasteiger partial charge in [-0.05, 0) is 36.1 Å². The molecular formula is C18H22N2O. The van der Waals surface area contributed by atoms with Gasteiger partial charge in [0.15, 0.2) is 0 Å². The first-order valence-electron chi connectivity index (χ1n) is 7.25. The van der Waals surface area contributed by atoms with Gasteiger partial charge in [0.25, 0.3) is 0 Å². The minimum Gasteiger partial charge on any atom is -0.331 e. The molecule has 0 aliphatic heterocycles. The van der Waals surface area contributed by atoms with Crippen molar-refractivity contribution in [1.82, 2.24) is 5.32 Å². The number of urea groups is 1. The fraction of sp³-hybridized carbons (Fsp3) is 0.278. The number of rotatable bonds is 4. The summed E-state index contributed by atoms with van der Waals surface area (Å²) in [6.07, 6.45) is 0. The Morgan fingerprint density at radius 1 is 1.00 bits per heavy atom. The summed E-state index contributed by atoms with van der Waals surface area (Å²) in [5.74, 6) is 0.315. The van der Waals surface area contributed by atoms with E-state index >= 15 is 0 Å². The monoisotopic (exact) mass is 282 g/mol. The van der Waals surface area contributed by atoms with Gasteiger partial charge in [0.05, 0.1) is 6.04 Å². The van der Waals surface area contributed by atoms with Crippen LogP contribution in [0.15, 0.2) is 54.6 Å². The van der Waals surface area contributed by atoms with E-state index in [1.165, 1.54) is 0 Å². The van der Waals surface area contributed by atoms with E-state index in [4.69, 9.17) is 0 Å². The Kier molecular flexibility index (Phi) is 4.99. The number of benzene rings is 2. The zero-order chi connectivity index (χ0) is 15.2. The summed E-state index contributed by atoms with van der Waals surface area (Å²) in [7, 11) is 0. The van der Waals surface area contributed by atoms with Crippen LogP contribution in [-0.2, 0) is 0 Å². The summed E-state index contributed by atoms with van der Waals surface area (Å²) in [4.78, 5) is 12.2. The van der Waals surface area contributed by atoms with Crippen molar-refractivity contribution < 1.29 is 4.79 Å². The average molecular weight is 282 g/mol. The third kappa shape index (κ3) is 4.35. The molecular weight excluding hydrogens is 260 g/mol. The van der Waals surface area contributed by atoms with E-state index < -0.39 is 0 Å². The van der Waals surface area contributed by atoms with Crippen LogP contribution < -0.4 is 10.6 Å². The maximum absolute atomic E-state index is 12.2. The van der Waals surface area contributed by atoms with Crippen molar-refractivity contribution in [1.29, 1.82) is 0 Å². The zero-order valence-electron chi connectivity index (χ0n) is 12.8. The van der Waals surface area contributed by atoms with Crippen LogP contribution in [0.3, 0.4) is 0 Å². The molecule has 0 saturated heterocycles. The molecule has 1 atom stereocenters. The van der Waals surface area contributed by atoms with Crippen molar-refractivity contribution in [2.24, 2.45) is 5.92 Å². The maximum Gasteiger partial charge on any atom is 0.319 e. The van der Waals surface area contributed by atoms with Gasteiger partial charge in [0, 0.05) is 5.69 Å². The highest BCUT2D eigenvalue weighted by atomic mass is 16.2. The van der Waals surface area contributed by atoms with E-state index in [2.05, 4.69) is 24.5 Å². The van der Waals surface area contributed by atoms with Crippen LogP contribution in [0.25, 0.3) is 0 Å². The quantitative estimate of drug-likeness (QED) is 0.851. The SMILES string of the molecule is Cc1cccc(NC(=O)N[C@H](c2ccccc2)C(C)C)c1. The van der Waals surface area contributed by atoms with Crippen LogP contribution in [0.5, 0.6) is 0 Å². The minimum absolute atomic E-state index is 0.00370. The minimum atomic E-state index is -0.178. The lowest BCUT2D eigenvalue weighted by Gasteiger charge is -2.23. The van der Waals surface area contributed by atoms with Gasteiger partial charge in [-0.1, -0.05) is 56.3 Å². The maximum atomic E-state index is 12.2. The Balaban J connectivity index is 2.05. The fourth-order valence-corrected chi connectivity index (χ4v) is 2.33. The van der Waals surface area contributed by atoms with Gasteiger partial charge in [-0.2, -0.15) is 0 Å². The number of nitrogens with one attached hydrogen (secondary N) is 2. The zero-order valence-corrected chi connectivity index (χ0v) is 12.8. The number of carbonyl (C=O) groups excluding carboxylic acids is 1. The fourth-order valence-electron chi connectivity index (χ4n) is 2.33. The van der Waals surface area contributed by atoms with Crippen LogP contribution in [0.2, 0.25) is 0 Å². The average Bonchev–Trinajstić information content (AvgIpc) is 2.45. The summed E-state index contributed by atoms with van der Waals surface area (Å²) in [5, 5.41) is 5.94. The number of carbonyl (C=O) groups is 1. The Labute approximate surface area is 126 Å². The van der Waals surface area contributed by atoms with E-state index in [-0.39, 0.29) is 12.1 Å². The second kappa shape index (κ2) is 6.93. The molecule has 21 heavy (non-hydrogen) atoms. The molecule has 0 radical (unpaired) electrons. The van der Waals surface area contributed by atoms with Crippen molar-refractivity contribution in [2.75, 3.05) is 5.32 Å². The molecule has 2 aromatic carbocycles. The lowest BCUT2D eigenvalue weighted by atomic mass is 9.96. The van der Waals surface area contributed by atoms with Crippen molar-refractivity contribution in [3.8, 4) is 0 Å². The number of hydrogen-bond donors (Lipinski definition) is 2. The van der Waals surface area contributed by atoms with Crippen LogP contribution in [0, 0.1) is 12.8 Å². The van der Waals surface area contributed by atoms with E-state index in [0.29, 0.717) is 5.92 Å². The molecule has 0 aromatic heterocycles. The van der Waals surface area contributed by atoms with Gasteiger partial charge in [-0.3, -0.25) is 0 Å². The molecule has 0 bridgehead atoms.